The van der Waals surface area contributed by atoms with Crippen LogP contribution in [-0.2, 0) is 7.05 Å². The van der Waals surface area contributed by atoms with Crippen LogP contribution < -0.4 is 5.73 Å². The van der Waals surface area contributed by atoms with Crippen molar-refractivity contribution in [2.24, 2.45) is 12.8 Å². The van der Waals surface area contributed by atoms with E-state index in [2.05, 4.69) is 43.2 Å². The van der Waals surface area contributed by atoms with E-state index in [0.29, 0.717) is 12.5 Å². The van der Waals surface area contributed by atoms with Crippen molar-refractivity contribution < 1.29 is 4.39 Å². The maximum Gasteiger partial charge on any atom is 0.123 e. The second-order valence-electron chi connectivity index (χ2n) is 6.69. The van der Waals surface area contributed by atoms with Gasteiger partial charge in [0.15, 0.2) is 0 Å². The topological polar surface area (TPSA) is 43.8 Å². The zero-order valence-electron chi connectivity index (χ0n) is 14.9. The van der Waals surface area contributed by atoms with Crippen LogP contribution in [0, 0.1) is 5.82 Å². The van der Waals surface area contributed by atoms with Crippen molar-refractivity contribution in [3.63, 3.8) is 0 Å². The normalized spacial score (nSPS) is 12.6. The predicted molar refractivity (Wildman–Crippen MR) is 100 cm³/mol. The molecule has 2 N–H and O–H groups in total. The zero-order chi connectivity index (χ0) is 18.0. The molecule has 3 aromatic rings. The van der Waals surface area contributed by atoms with Gasteiger partial charge in [0.2, 0.25) is 0 Å². The van der Waals surface area contributed by atoms with E-state index in [1.807, 2.05) is 17.8 Å². The van der Waals surface area contributed by atoms with Crippen LogP contribution in [0.3, 0.4) is 0 Å². The molecular formula is C21H24FN3. The number of hydrogen-bond acceptors (Lipinski definition) is 2. The van der Waals surface area contributed by atoms with E-state index in [1.54, 1.807) is 12.1 Å². The molecule has 1 atom stereocenters. The summed E-state index contributed by atoms with van der Waals surface area (Å²) in [7, 11) is 1.92. The van der Waals surface area contributed by atoms with Crippen molar-refractivity contribution in [3.8, 4) is 11.3 Å². The van der Waals surface area contributed by atoms with Gasteiger partial charge in [-0.2, -0.15) is 5.10 Å². The van der Waals surface area contributed by atoms with E-state index in [4.69, 9.17) is 5.73 Å². The van der Waals surface area contributed by atoms with Crippen molar-refractivity contribution in [2.75, 3.05) is 6.54 Å². The van der Waals surface area contributed by atoms with Crippen LogP contribution in [0.25, 0.3) is 11.3 Å². The minimum absolute atomic E-state index is 0.0768. The lowest BCUT2D eigenvalue weighted by molar-refractivity contribution is 0.628. The van der Waals surface area contributed by atoms with Gasteiger partial charge in [-0.1, -0.05) is 38.1 Å². The summed E-state index contributed by atoms with van der Waals surface area (Å²) in [5.41, 5.74) is 11.4. The van der Waals surface area contributed by atoms with E-state index < -0.39 is 0 Å². The van der Waals surface area contributed by atoms with Gasteiger partial charge in [0.05, 0.1) is 5.69 Å². The minimum Gasteiger partial charge on any atom is -0.329 e. The number of nitrogens with two attached hydrogens (primary N) is 1. The molecule has 0 saturated heterocycles. The second kappa shape index (κ2) is 7.19. The van der Waals surface area contributed by atoms with E-state index in [1.165, 1.54) is 23.3 Å². The fourth-order valence-corrected chi connectivity index (χ4v) is 3.11. The lowest BCUT2D eigenvalue weighted by Gasteiger charge is -2.16. The van der Waals surface area contributed by atoms with Gasteiger partial charge in [-0.05, 0) is 47.4 Å². The Labute approximate surface area is 148 Å². The summed E-state index contributed by atoms with van der Waals surface area (Å²) in [5.74, 6) is 0.338. The number of aryl methyl sites for hydroxylation is 1. The number of aromatic nitrogens is 2. The highest BCUT2D eigenvalue weighted by molar-refractivity contribution is 5.59. The Morgan fingerprint density at radius 3 is 2.16 bits per heavy atom. The molecule has 1 unspecified atom stereocenters. The fourth-order valence-electron chi connectivity index (χ4n) is 3.11. The SMILES string of the molecule is CC(C)c1ccc(C(CN)c2cc(-c3ccc(F)cc3)nn2C)cc1. The van der Waals surface area contributed by atoms with E-state index in [0.717, 1.165) is 17.0 Å². The molecule has 2 aromatic carbocycles. The summed E-state index contributed by atoms with van der Waals surface area (Å²) in [5, 5.41) is 4.59. The molecular weight excluding hydrogens is 313 g/mol. The summed E-state index contributed by atoms with van der Waals surface area (Å²) in [4.78, 5) is 0. The Kier molecular flexibility index (Phi) is 5.00. The molecule has 0 bridgehead atoms. The van der Waals surface area contributed by atoms with Crippen LogP contribution >= 0.6 is 0 Å². The van der Waals surface area contributed by atoms with Crippen molar-refractivity contribution >= 4 is 0 Å². The van der Waals surface area contributed by atoms with Gasteiger partial charge >= 0.3 is 0 Å². The van der Waals surface area contributed by atoms with E-state index in [9.17, 15) is 4.39 Å². The lowest BCUT2D eigenvalue weighted by atomic mass is 9.92. The van der Waals surface area contributed by atoms with E-state index >= 15 is 0 Å². The number of halogens is 1. The first kappa shape index (κ1) is 17.4. The minimum atomic E-state index is -0.245. The van der Waals surface area contributed by atoms with Crippen molar-refractivity contribution in [3.05, 3.63) is 77.2 Å². The molecule has 0 aliphatic rings. The van der Waals surface area contributed by atoms with Crippen LogP contribution in [0.2, 0.25) is 0 Å². The summed E-state index contributed by atoms with van der Waals surface area (Å²) >= 11 is 0. The van der Waals surface area contributed by atoms with Crippen LogP contribution in [0.4, 0.5) is 4.39 Å². The Balaban J connectivity index is 1.94. The van der Waals surface area contributed by atoms with Crippen molar-refractivity contribution in [2.45, 2.75) is 25.7 Å². The molecule has 0 amide bonds. The molecule has 0 aliphatic carbocycles. The highest BCUT2D eigenvalue weighted by Gasteiger charge is 2.18. The first-order chi connectivity index (χ1) is 12.0. The molecule has 0 spiro atoms. The van der Waals surface area contributed by atoms with Crippen LogP contribution in [-0.4, -0.2) is 16.3 Å². The average molecular weight is 337 g/mol. The van der Waals surface area contributed by atoms with Crippen LogP contribution in [0.1, 0.15) is 42.5 Å². The Hall–Kier alpha value is -2.46. The largest absolute Gasteiger partial charge is 0.329 e. The number of rotatable bonds is 5. The third-order valence-electron chi connectivity index (χ3n) is 4.65. The van der Waals surface area contributed by atoms with Gasteiger partial charge in [0.1, 0.15) is 5.82 Å². The molecule has 4 heteroatoms. The van der Waals surface area contributed by atoms with Gasteiger partial charge < -0.3 is 5.73 Å². The molecule has 1 heterocycles. The molecule has 3 nitrogen and oxygen atoms in total. The lowest BCUT2D eigenvalue weighted by Crippen LogP contribution is -2.17. The van der Waals surface area contributed by atoms with Gasteiger partial charge in [-0.25, -0.2) is 4.39 Å². The second-order valence-corrected chi connectivity index (χ2v) is 6.69. The predicted octanol–water partition coefficient (Wildman–Crippen LogP) is 4.44. The number of nitrogens with zero attached hydrogens (tertiary/aromatic N) is 2. The van der Waals surface area contributed by atoms with Gasteiger partial charge in [0, 0.05) is 30.8 Å². The van der Waals surface area contributed by atoms with Gasteiger partial charge in [-0.15, -0.1) is 0 Å². The summed E-state index contributed by atoms with van der Waals surface area (Å²) in [6.45, 7) is 4.88. The summed E-state index contributed by atoms with van der Waals surface area (Å²) in [6, 6.07) is 17.1. The molecule has 1 aromatic heterocycles. The maximum atomic E-state index is 13.1. The summed E-state index contributed by atoms with van der Waals surface area (Å²) in [6.07, 6.45) is 0. The van der Waals surface area contributed by atoms with Crippen molar-refractivity contribution in [1.29, 1.82) is 0 Å². The monoisotopic (exact) mass is 337 g/mol. The Morgan fingerprint density at radius 2 is 1.60 bits per heavy atom. The highest BCUT2D eigenvalue weighted by atomic mass is 19.1. The Bertz CT molecular complexity index is 833. The van der Waals surface area contributed by atoms with E-state index in [-0.39, 0.29) is 11.7 Å². The Morgan fingerprint density at radius 1 is 1.00 bits per heavy atom. The number of benzene rings is 2. The fraction of sp³-hybridized carbons (Fsp3) is 0.286. The highest BCUT2D eigenvalue weighted by Crippen LogP contribution is 2.28. The van der Waals surface area contributed by atoms with Crippen LogP contribution in [0.15, 0.2) is 54.6 Å². The van der Waals surface area contributed by atoms with Gasteiger partial charge in [-0.3, -0.25) is 4.68 Å². The molecule has 130 valence electrons. The number of hydrogen-bond donors (Lipinski definition) is 1. The molecule has 0 radical (unpaired) electrons. The first-order valence-electron chi connectivity index (χ1n) is 8.59. The third-order valence-corrected chi connectivity index (χ3v) is 4.65. The molecule has 0 saturated carbocycles. The standard InChI is InChI=1S/C21H24FN3/c1-14(2)15-4-6-16(7-5-15)19(13-23)21-12-20(24-25(21)3)17-8-10-18(22)11-9-17/h4-12,14,19H,13,23H2,1-3H3. The summed E-state index contributed by atoms with van der Waals surface area (Å²) < 4.78 is 15.0. The molecule has 0 fully saturated rings. The first-order valence-corrected chi connectivity index (χ1v) is 8.59. The third kappa shape index (κ3) is 3.64. The quantitative estimate of drug-likeness (QED) is 0.748. The van der Waals surface area contributed by atoms with Crippen molar-refractivity contribution in [1.82, 2.24) is 9.78 Å². The molecule has 25 heavy (non-hydrogen) atoms. The zero-order valence-corrected chi connectivity index (χ0v) is 14.9. The van der Waals surface area contributed by atoms with Gasteiger partial charge in [0.25, 0.3) is 0 Å². The molecule has 0 aliphatic heterocycles. The molecule has 3 rings (SSSR count). The smallest absolute Gasteiger partial charge is 0.123 e. The average Bonchev–Trinajstić information content (AvgIpc) is 2.98. The maximum absolute atomic E-state index is 13.1. The van der Waals surface area contributed by atoms with Crippen LogP contribution in [0.5, 0.6) is 0 Å².